The lowest BCUT2D eigenvalue weighted by molar-refractivity contribution is -0.0208. The van der Waals surface area contributed by atoms with E-state index in [2.05, 4.69) is 31.2 Å². The van der Waals surface area contributed by atoms with Gasteiger partial charge in [0, 0.05) is 0 Å². The second kappa shape index (κ2) is 2.83. The Hall–Kier alpha value is -0.820. The third-order valence-corrected chi connectivity index (χ3v) is 3.75. The average Bonchev–Trinajstić information content (AvgIpc) is 2.79. The molecule has 74 valence electrons. The largest absolute Gasteiger partial charge is 0.370 e. The first kappa shape index (κ1) is 8.49. The van der Waals surface area contributed by atoms with Crippen molar-refractivity contribution >= 4 is 0 Å². The lowest BCUT2D eigenvalue weighted by Gasteiger charge is -2.27. The molecule has 0 aromatic heterocycles. The summed E-state index contributed by atoms with van der Waals surface area (Å²) in [4.78, 5) is 0. The van der Waals surface area contributed by atoms with E-state index in [0.29, 0.717) is 0 Å². The molecule has 3 rings (SSSR count). The smallest absolute Gasteiger partial charge is 0.0935 e. The van der Waals surface area contributed by atoms with E-state index in [0.717, 1.165) is 12.5 Å². The maximum atomic E-state index is 5.97. The molecule has 0 radical (unpaired) electrons. The molecule has 14 heavy (non-hydrogen) atoms. The maximum absolute atomic E-state index is 5.97. The van der Waals surface area contributed by atoms with Gasteiger partial charge in [0.1, 0.15) is 0 Å². The minimum atomic E-state index is 0.0956. The van der Waals surface area contributed by atoms with Gasteiger partial charge in [0.15, 0.2) is 0 Å². The number of hydrogen-bond acceptors (Lipinski definition) is 1. The molecule has 1 aromatic carbocycles. The van der Waals surface area contributed by atoms with Crippen LogP contribution in [0.1, 0.15) is 30.4 Å². The Balaban J connectivity index is 1.98. The van der Waals surface area contributed by atoms with E-state index in [1.54, 1.807) is 0 Å². The van der Waals surface area contributed by atoms with E-state index >= 15 is 0 Å². The lowest BCUT2D eigenvalue weighted by atomic mass is 9.92. The summed E-state index contributed by atoms with van der Waals surface area (Å²) in [5.74, 6) is 0.830. The second-order valence-electron chi connectivity index (χ2n) is 4.78. The molecule has 1 aliphatic heterocycles. The molecule has 0 amide bonds. The van der Waals surface area contributed by atoms with Crippen molar-refractivity contribution in [1.29, 1.82) is 0 Å². The van der Waals surface area contributed by atoms with Gasteiger partial charge >= 0.3 is 0 Å². The van der Waals surface area contributed by atoms with Crippen molar-refractivity contribution in [1.82, 2.24) is 0 Å². The summed E-state index contributed by atoms with van der Waals surface area (Å²) in [5, 5.41) is 0. The van der Waals surface area contributed by atoms with E-state index in [9.17, 15) is 0 Å². The summed E-state index contributed by atoms with van der Waals surface area (Å²) < 4.78 is 5.97. The molecule has 1 saturated carbocycles. The molecule has 0 spiro atoms. The normalized spacial score (nSPS) is 35.1. The van der Waals surface area contributed by atoms with Crippen LogP contribution in [0.5, 0.6) is 0 Å². The standard InChI is InChI=1S/C13H16O/c1-10-2-4-12(5-3-10)13-7-6-11(8-13)9-14-13/h2-5,11H,6-9H2,1H3. The summed E-state index contributed by atoms with van der Waals surface area (Å²) >= 11 is 0. The van der Waals surface area contributed by atoms with Gasteiger partial charge in [-0.3, -0.25) is 0 Å². The van der Waals surface area contributed by atoms with Crippen LogP contribution >= 0.6 is 0 Å². The molecule has 0 N–H and O–H groups in total. The Kier molecular flexibility index (Phi) is 1.72. The van der Waals surface area contributed by atoms with Crippen molar-refractivity contribution in [2.45, 2.75) is 31.8 Å². The van der Waals surface area contributed by atoms with Crippen LogP contribution in [0.2, 0.25) is 0 Å². The fourth-order valence-corrected chi connectivity index (χ4v) is 2.86. The molecule has 2 atom stereocenters. The van der Waals surface area contributed by atoms with Crippen LogP contribution in [0.4, 0.5) is 0 Å². The molecule has 2 bridgehead atoms. The number of rotatable bonds is 1. The number of benzene rings is 1. The van der Waals surface area contributed by atoms with Gasteiger partial charge < -0.3 is 4.74 Å². The number of aryl methyl sites for hydroxylation is 1. The molecule has 2 aliphatic rings. The summed E-state index contributed by atoms with van der Waals surface area (Å²) in [6.07, 6.45) is 3.82. The number of fused-ring (bicyclic) bond motifs is 2. The van der Waals surface area contributed by atoms with Gasteiger partial charge in [-0.1, -0.05) is 29.8 Å². The van der Waals surface area contributed by atoms with Gasteiger partial charge in [-0.25, -0.2) is 0 Å². The molecule has 1 heteroatoms. The molecule has 1 aromatic rings. The molecule has 1 nitrogen and oxygen atoms in total. The SMILES string of the molecule is Cc1ccc(C23CCC(CO2)C3)cc1. The third-order valence-electron chi connectivity index (χ3n) is 3.75. The number of ether oxygens (including phenoxy) is 1. The molecule has 2 unspecified atom stereocenters. The van der Waals surface area contributed by atoms with Gasteiger partial charge in [0.05, 0.1) is 12.2 Å². The van der Waals surface area contributed by atoms with Crippen molar-refractivity contribution < 1.29 is 4.74 Å². The van der Waals surface area contributed by atoms with Crippen LogP contribution in [0.25, 0.3) is 0 Å². The second-order valence-corrected chi connectivity index (χ2v) is 4.78. The Labute approximate surface area is 85.1 Å². The van der Waals surface area contributed by atoms with E-state index in [1.165, 1.54) is 30.4 Å². The van der Waals surface area contributed by atoms with Crippen LogP contribution < -0.4 is 0 Å². The monoisotopic (exact) mass is 188 g/mol. The molecular weight excluding hydrogens is 172 g/mol. The van der Waals surface area contributed by atoms with Crippen LogP contribution in [0.3, 0.4) is 0 Å². The highest BCUT2D eigenvalue weighted by Crippen LogP contribution is 2.50. The van der Waals surface area contributed by atoms with E-state index in [4.69, 9.17) is 4.74 Å². The molecule has 2 fully saturated rings. The summed E-state index contributed by atoms with van der Waals surface area (Å²) in [6.45, 7) is 3.11. The van der Waals surface area contributed by atoms with Gasteiger partial charge in [-0.15, -0.1) is 0 Å². The van der Waals surface area contributed by atoms with Crippen molar-refractivity contribution in [3.63, 3.8) is 0 Å². The van der Waals surface area contributed by atoms with Crippen molar-refractivity contribution in [2.75, 3.05) is 6.61 Å². The number of hydrogen-bond donors (Lipinski definition) is 0. The predicted octanol–water partition coefficient (Wildman–Crippen LogP) is 3.02. The topological polar surface area (TPSA) is 9.23 Å². The maximum Gasteiger partial charge on any atom is 0.0935 e. The zero-order valence-corrected chi connectivity index (χ0v) is 8.62. The van der Waals surface area contributed by atoms with Crippen LogP contribution in [0, 0.1) is 12.8 Å². The molecule has 1 saturated heterocycles. The minimum Gasteiger partial charge on any atom is -0.370 e. The zero-order valence-electron chi connectivity index (χ0n) is 8.62. The Morgan fingerprint density at radius 1 is 1.29 bits per heavy atom. The van der Waals surface area contributed by atoms with Crippen LogP contribution in [-0.2, 0) is 10.3 Å². The van der Waals surface area contributed by atoms with Crippen molar-refractivity contribution in [3.8, 4) is 0 Å². The van der Waals surface area contributed by atoms with Crippen molar-refractivity contribution in [3.05, 3.63) is 35.4 Å². The zero-order chi connectivity index (χ0) is 9.60. The highest BCUT2D eigenvalue weighted by atomic mass is 16.5. The van der Waals surface area contributed by atoms with E-state index in [-0.39, 0.29) is 5.60 Å². The van der Waals surface area contributed by atoms with Gasteiger partial charge in [-0.2, -0.15) is 0 Å². The molecular formula is C13H16O. The van der Waals surface area contributed by atoms with Crippen LogP contribution in [-0.4, -0.2) is 6.61 Å². The highest BCUT2D eigenvalue weighted by molar-refractivity contribution is 5.28. The quantitative estimate of drug-likeness (QED) is 0.658. The molecule has 1 aliphatic carbocycles. The summed E-state index contributed by atoms with van der Waals surface area (Å²) in [7, 11) is 0. The molecule has 1 heterocycles. The van der Waals surface area contributed by atoms with Crippen LogP contribution in [0.15, 0.2) is 24.3 Å². The van der Waals surface area contributed by atoms with Gasteiger partial charge in [0.25, 0.3) is 0 Å². The summed E-state index contributed by atoms with van der Waals surface area (Å²) in [6, 6.07) is 8.87. The highest BCUT2D eigenvalue weighted by Gasteiger charge is 2.47. The first-order valence-corrected chi connectivity index (χ1v) is 5.50. The minimum absolute atomic E-state index is 0.0956. The fourth-order valence-electron chi connectivity index (χ4n) is 2.86. The third kappa shape index (κ3) is 1.12. The van der Waals surface area contributed by atoms with Crippen molar-refractivity contribution in [2.24, 2.45) is 5.92 Å². The fraction of sp³-hybridized carbons (Fsp3) is 0.538. The average molecular weight is 188 g/mol. The van der Waals surface area contributed by atoms with E-state index < -0.39 is 0 Å². The van der Waals surface area contributed by atoms with E-state index in [1.807, 2.05) is 0 Å². The van der Waals surface area contributed by atoms with Gasteiger partial charge in [-0.05, 0) is 37.7 Å². The first-order valence-electron chi connectivity index (χ1n) is 5.50. The first-order chi connectivity index (χ1) is 6.78. The van der Waals surface area contributed by atoms with Gasteiger partial charge in [0.2, 0.25) is 0 Å². The Bertz CT molecular complexity index is 331. The Morgan fingerprint density at radius 2 is 2.07 bits per heavy atom. The Morgan fingerprint density at radius 3 is 2.57 bits per heavy atom. The lowest BCUT2D eigenvalue weighted by Crippen LogP contribution is -2.23. The predicted molar refractivity (Wildman–Crippen MR) is 56.2 cm³/mol. The summed E-state index contributed by atoms with van der Waals surface area (Å²) in [5.41, 5.74) is 2.82.